The lowest BCUT2D eigenvalue weighted by molar-refractivity contribution is -0.118. The Bertz CT molecular complexity index is 846. The fourth-order valence-electron chi connectivity index (χ4n) is 2.65. The van der Waals surface area contributed by atoms with E-state index in [4.69, 9.17) is 5.73 Å². The van der Waals surface area contributed by atoms with Gasteiger partial charge >= 0.3 is 6.03 Å². The molecule has 0 radical (unpaired) electrons. The predicted molar refractivity (Wildman–Crippen MR) is 96.2 cm³/mol. The molecule has 25 heavy (non-hydrogen) atoms. The number of amides is 3. The van der Waals surface area contributed by atoms with Crippen LogP contribution in [-0.4, -0.2) is 23.4 Å². The summed E-state index contributed by atoms with van der Waals surface area (Å²) in [7, 11) is 0. The van der Waals surface area contributed by atoms with Crippen molar-refractivity contribution in [2.24, 2.45) is 21.9 Å². The second-order valence-corrected chi connectivity index (χ2v) is 5.50. The molecule has 7 heteroatoms. The smallest absolute Gasteiger partial charge is 0.332 e. The van der Waals surface area contributed by atoms with Crippen LogP contribution in [0.3, 0.4) is 0 Å². The Morgan fingerprint density at radius 3 is 2.32 bits per heavy atom. The molecule has 0 saturated heterocycles. The number of primary amides is 1. The number of nitrogens with zero attached hydrogens (tertiary/aromatic N) is 3. The lowest BCUT2D eigenvalue weighted by atomic mass is 9.93. The van der Waals surface area contributed by atoms with E-state index < -0.39 is 11.9 Å². The number of nitrogens with one attached hydrogen (secondary N) is 1. The maximum atomic E-state index is 13.0. The number of hydrogen-bond donors (Lipinski definition) is 2. The molecule has 0 aliphatic carbocycles. The Hall–Kier alpha value is -3.48. The van der Waals surface area contributed by atoms with Crippen LogP contribution in [-0.2, 0) is 4.79 Å². The first-order chi connectivity index (χ1) is 12.1. The summed E-state index contributed by atoms with van der Waals surface area (Å²) in [5.74, 6) is -0.938. The van der Waals surface area contributed by atoms with E-state index in [2.05, 4.69) is 15.6 Å². The van der Waals surface area contributed by atoms with Crippen LogP contribution in [0, 0.1) is 5.92 Å². The van der Waals surface area contributed by atoms with E-state index in [9.17, 15) is 9.59 Å². The topological polar surface area (TPSA) is 100 Å². The first-order valence-electron chi connectivity index (χ1n) is 7.70. The monoisotopic (exact) mass is 335 g/mol. The van der Waals surface area contributed by atoms with Crippen molar-refractivity contribution in [3.8, 4) is 0 Å². The van der Waals surface area contributed by atoms with Gasteiger partial charge in [0, 0.05) is 0 Å². The van der Waals surface area contributed by atoms with Crippen molar-refractivity contribution in [2.45, 2.75) is 6.92 Å². The molecular weight excluding hydrogens is 318 g/mol. The van der Waals surface area contributed by atoms with Crippen LogP contribution in [0.4, 0.5) is 10.5 Å². The lowest BCUT2D eigenvalue weighted by Crippen LogP contribution is -2.35. The number of anilines is 1. The van der Waals surface area contributed by atoms with E-state index >= 15 is 0 Å². The highest BCUT2D eigenvalue weighted by Crippen LogP contribution is 2.26. The number of carbonyl (C=O) groups is 2. The molecule has 126 valence electrons. The minimum atomic E-state index is -0.798. The number of urea groups is 1. The minimum absolute atomic E-state index is 0.238. The van der Waals surface area contributed by atoms with Gasteiger partial charge in [-0.15, -0.1) is 0 Å². The van der Waals surface area contributed by atoms with Crippen LogP contribution in [0.15, 0.2) is 70.9 Å². The van der Waals surface area contributed by atoms with Gasteiger partial charge in [-0.25, -0.2) is 10.2 Å². The molecule has 1 atom stereocenters. The summed E-state index contributed by atoms with van der Waals surface area (Å²) in [5, 5.41) is 9.79. The van der Waals surface area contributed by atoms with Crippen molar-refractivity contribution >= 4 is 29.0 Å². The molecule has 0 aromatic heterocycles. The molecule has 3 N–H and O–H groups in total. The van der Waals surface area contributed by atoms with Gasteiger partial charge in [-0.2, -0.15) is 15.2 Å². The average Bonchev–Trinajstić information content (AvgIpc) is 2.92. The van der Waals surface area contributed by atoms with Gasteiger partial charge in [0.2, 0.25) is 0 Å². The lowest BCUT2D eigenvalue weighted by Gasteiger charge is -2.16. The molecule has 1 heterocycles. The third-order valence-electron chi connectivity index (χ3n) is 3.76. The molecule has 1 aliphatic heterocycles. The van der Waals surface area contributed by atoms with Gasteiger partial charge in [0.25, 0.3) is 5.91 Å². The Balaban J connectivity index is 1.99. The zero-order valence-electron chi connectivity index (χ0n) is 13.6. The van der Waals surface area contributed by atoms with Crippen LogP contribution in [0.1, 0.15) is 12.5 Å². The largest absolute Gasteiger partial charge is 0.350 e. The minimum Gasteiger partial charge on any atom is -0.350 e. The zero-order chi connectivity index (χ0) is 17.8. The molecule has 7 nitrogen and oxygen atoms in total. The average molecular weight is 335 g/mol. The van der Waals surface area contributed by atoms with Crippen molar-refractivity contribution in [1.82, 2.24) is 5.43 Å². The van der Waals surface area contributed by atoms with E-state index in [1.54, 1.807) is 19.1 Å². The summed E-state index contributed by atoms with van der Waals surface area (Å²) >= 11 is 0. The number of benzene rings is 2. The Labute approximate surface area is 144 Å². The van der Waals surface area contributed by atoms with E-state index in [0.717, 1.165) is 0 Å². The van der Waals surface area contributed by atoms with Crippen molar-refractivity contribution < 1.29 is 9.59 Å². The number of hydrogen-bond acceptors (Lipinski definition) is 4. The van der Waals surface area contributed by atoms with Crippen LogP contribution >= 0.6 is 0 Å². The second-order valence-electron chi connectivity index (χ2n) is 5.50. The first kappa shape index (κ1) is 16.4. The van der Waals surface area contributed by atoms with E-state index in [-0.39, 0.29) is 5.91 Å². The Kier molecular flexibility index (Phi) is 4.56. The number of hydrazone groups is 2. The molecule has 3 amide bonds. The number of para-hydroxylation sites is 1. The molecule has 1 unspecified atom stereocenters. The summed E-state index contributed by atoms with van der Waals surface area (Å²) in [4.78, 5) is 24.0. The van der Waals surface area contributed by atoms with E-state index in [1.807, 2.05) is 48.5 Å². The third-order valence-corrected chi connectivity index (χ3v) is 3.76. The van der Waals surface area contributed by atoms with Gasteiger partial charge in [-0.1, -0.05) is 48.5 Å². The summed E-state index contributed by atoms with van der Waals surface area (Å²) < 4.78 is 0. The second kappa shape index (κ2) is 6.96. The molecule has 0 spiro atoms. The fraction of sp³-hybridized carbons (Fsp3) is 0.111. The number of nitrogens with two attached hydrogens (primary N) is 1. The molecule has 1 aliphatic rings. The molecule has 3 rings (SSSR count). The molecule has 2 aromatic rings. The number of carbonyl (C=O) groups excluding carboxylic acids is 2. The summed E-state index contributed by atoms with van der Waals surface area (Å²) in [6.07, 6.45) is 0. The quantitative estimate of drug-likeness (QED) is 0.660. The van der Waals surface area contributed by atoms with Crippen molar-refractivity contribution in [3.05, 3.63) is 66.2 Å². The normalized spacial score (nSPS) is 17.4. The highest BCUT2D eigenvalue weighted by atomic mass is 16.2. The van der Waals surface area contributed by atoms with E-state index in [1.165, 1.54) is 5.01 Å². The Morgan fingerprint density at radius 1 is 1.12 bits per heavy atom. The third kappa shape index (κ3) is 3.40. The van der Waals surface area contributed by atoms with Gasteiger partial charge < -0.3 is 5.73 Å². The highest BCUT2D eigenvalue weighted by molar-refractivity contribution is 6.31. The summed E-state index contributed by atoms with van der Waals surface area (Å²) in [6, 6.07) is 17.5. The van der Waals surface area contributed by atoms with E-state index in [0.29, 0.717) is 22.7 Å². The summed E-state index contributed by atoms with van der Waals surface area (Å²) in [5.41, 5.74) is 9.70. The van der Waals surface area contributed by atoms with Gasteiger partial charge in [-0.05, 0) is 24.6 Å². The summed E-state index contributed by atoms with van der Waals surface area (Å²) in [6.45, 7) is 1.76. The molecule has 0 bridgehead atoms. The van der Waals surface area contributed by atoms with Crippen LogP contribution in [0.25, 0.3) is 0 Å². The van der Waals surface area contributed by atoms with Crippen molar-refractivity contribution in [2.75, 3.05) is 5.01 Å². The van der Waals surface area contributed by atoms with Crippen molar-refractivity contribution in [1.29, 1.82) is 0 Å². The SMILES string of the molecule is CC1=NN(c2ccccc2)C(=O)C1C(=NNC(N)=O)c1ccccc1. The maximum absolute atomic E-state index is 13.0. The van der Waals surface area contributed by atoms with Gasteiger partial charge in [0.15, 0.2) is 0 Å². The van der Waals surface area contributed by atoms with Crippen LogP contribution < -0.4 is 16.2 Å². The van der Waals surface area contributed by atoms with Gasteiger partial charge in [-0.3, -0.25) is 4.79 Å². The standard InChI is InChI=1S/C18H17N5O2/c1-12-15(17(24)23(22-12)14-10-6-3-7-11-14)16(20-21-18(19)25)13-8-4-2-5-9-13/h2-11,15H,1H3,(H3,19,21,25). The van der Waals surface area contributed by atoms with Crippen LogP contribution in [0.5, 0.6) is 0 Å². The molecule has 2 aromatic carbocycles. The fourth-order valence-corrected chi connectivity index (χ4v) is 2.65. The van der Waals surface area contributed by atoms with Gasteiger partial charge in [0.05, 0.1) is 17.1 Å². The highest BCUT2D eigenvalue weighted by Gasteiger charge is 2.38. The van der Waals surface area contributed by atoms with Crippen molar-refractivity contribution in [3.63, 3.8) is 0 Å². The number of rotatable bonds is 4. The first-order valence-corrected chi connectivity index (χ1v) is 7.70. The van der Waals surface area contributed by atoms with Crippen LogP contribution in [0.2, 0.25) is 0 Å². The Morgan fingerprint density at radius 2 is 1.72 bits per heavy atom. The molecule has 0 fully saturated rings. The molecular formula is C18H17N5O2. The molecule has 0 saturated carbocycles. The van der Waals surface area contributed by atoms with Gasteiger partial charge in [0.1, 0.15) is 5.92 Å². The maximum Gasteiger partial charge on any atom is 0.332 e. The predicted octanol–water partition coefficient (Wildman–Crippen LogP) is 2.10. The zero-order valence-corrected chi connectivity index (χ0v) is 13.6.